The van der Waals surface area contributed by atoms with Gasteiger partial charge in [0, 0.05) is 11.3 Å². The topological polar surface area (TPSA) is 80.9 Å². The van der Waals surface area contributed by atoms with E-state index in [1.807, 2.05) is 48.7 Å². The average Bonchev–Trinajstić information content (AvgIpc) is 3.29. The first-order valence-corrected chi connectivity index (χ1v) is 9.43. The minimum atomic E-state index is -0.351. The van der Waals surface area contributed by atoms with Gasteiger partial charge in [-0.25, -0.2) is 0 Å². The number of hydrogen-bond acceptors (Lipinski definition) is 7. The van der Waals surface area contributed by atoms with Crippen molar-refractivity contribution in [2.24, 2.45) is 0 Å². The Morgan fingerprint density at radius 2 is 1.96 bits per heavy atom. The van der Waals surface area contributed by atoms with Gasteiger partial charge < -0.3 is 9.84 Å². The number of para-hydroxylation sites is 1. The maximum Gasteiger partial charge on any atom is 0.294 e. The fraction of sp³-hybridized carbons (Fsp3) is 0.0588. The van der Waals surface area contributed by atoms with Crippen LogP contribution in [0.15, 0.2) is 57.4 Å². The van der Waals surface area contributed by atoms with E-state index in [2.05, 4.69) is 20.7 Å². The standard InChI is InChI=1S/C17H12N4O2S2/c1-24-17-20-19-16(25-17)11-8-5-9-12-13(11)14(23-21-12)15(22)18-10-6-3-2-4-7-10/h2-9H,1H3,(H,18,22). The Bertz CT molecular complexity index is 1040. The lowest BCUT2D eigenvalue weighted by molar-refractivity contribution is 0.0990. The lowest BCUT2D eigenvalue weighted by Crippen LogP contribution is -2.11. The van der Waals surface area contributed by atoms with Crippen LogP contribution in [0.1, 0.15) is 10.6 Å². The molecule has 4 aromatic rings. The van der Waals surface area contributed by atoms with Crippen molar-refractivity contribution >= 4 is 45.6 Å². The van der Waals surface area contributed by atoms with Crippen LogP contribution in [0.2, 0.25) is 0 Å². The number of nitrogens with zero attached hydrogens (tertiary/aromatic N) is 3. The third-order valence-electron chi connectivity index (χ3n) is 3.55. The summed E-state index contributed by atoms with van der Waals surface area (Å²) in [4.78, 5) is 12.7. The summed E-state index contributed by atoms with van der Waals surface area (Å²) in [5, 5.41) is 16.5. The summed E-state index contributed by atoms with van der Waals surface area (Å²) >= 11 is 3.00. The first kappa shape index (κ1) is 15.8. The Labute approximate surface area is 151 Å². The van der Waals surface area contributed by atoms with E-state index >= 15 is 0 Å². The molecule has 0 unspecified atom stereocenters. The van der Waals surface area contributed by atoms with Gasteiger partial charge in [0.2, 0.25) is 5.76 Å². The largest absolute Gasteiger partial charge is 0.350 e. The quantitative estimate of drug-likeness (QED) is 0.540. The highest BCUT2D eigenvalue weighted by Gasteiger charge is 2.22. The molecule has 0 bridgehead atoms. The van der Waals surface area contributed by atoms with E-state index in [1.54, 1.807) is 6.07 Å². The molecule has 124 valence electrons. The number of carbonyl (C=O) groups is 1. The van der Waals surface area contributed by atoms with Crippen molar-refractivity contribution in [2.75, 3.05) is 11.6 Å². The maximum absolute atomic E-state index is 12.7. The van der Waals surface area contributed by atoms with E-state index in [1.165, 1.54) is 23.1 Å². The Morgan fingerprint density at radius 1 is 1.12 bits per heavy atom. The monoisotopic (exact) mass is 368 g/mol. The van der Waals surface area contributed by atoms with Crippen molar-refractivity contribution in [1.82, 2.24) is 15.4 Å². The number of aromatic nitrogens is 3. The molecule has 25 heavy (non-hydrogen) atoms. The summed E-state index contributed by atoms with van der Waals surface area (Å²) in [6.07, 6.45) is 1.95. The number of rotatable bonds is 4. The lowest BCUT2D eigenvalue weighted by atomic mass is 10.1. The summed E-state index contributed by atoms with van der Waals surface area (Å²) in [7, 11) is 0. The van der Waals surface area contributed by atoms with Gasteiger partial charge in [-0.05, 0) is 24.5 Å². The van der Waals surface area contributed by atoms with Crippen molar-refractivity contribution in [3.8, 4) is 10.6 Å². The van der Waals surface area contributed by atoms with Crippen LogP contribution in [0.5, 0.6) is 0 Å². The zero-order valence-corrected chi connectivity index (χ0v) is 14.7. The molecule has 2 aromatic heterocycles. The number of hydrogen-bond donors (Lipinski definition) is 1. The number of amides is 1. The van der Waals surface area contributed by atoms with E-state index in [4.69, 9.17) is 4.52 Å². The molecular weight excluding hydrogens is 356 g/mol. The molecule has 4 rings (SSSR count). The minimum absolute atomic E-state index is 0.162. The van der Waals surface area contributed by atoms with E-state index in [9.17, 15) is 4.79 Å². The van der Waals surface area contributed by atoms with Crippen molar-refractivity contribution in [3.05, 3.63) is 54.3 Å². The molecule has 0 fully saturated rings. The lowest BCUT2D eigenvalue weighted by Gasteiger charge is -2.03. The Kier molecular flexibility index (Phi) is 4.21. The summed E-state index contributed by atoms with van der Waals surface area (Å²) in [5.41, 5.74) is 2.08. The molecule has 0 saturated heterocycles. The second-order valence-electron chi connectivity index (χ2n) is 5.11. The number of nitrogens with one attached hydrogen (secondary N) is 1. The summed E-state index contributed by atoms with van der Waals surface area (Å²) in [6, 6.07) is 14.8. The Balaban J connectivity index is 1.78. The van der Waals surface area contributed by atoms with Gasteiger partial charge >= 0.3 is 0 Å². The van der Waals surface area contributed by atoms with Crippen LogP contribution < -0.4 is 5.32 Å². The molecule has 0 aliphatic carbocycles. The van der Waals surface area contributed by atoms with Crippen LogP contribution in [-0.2, 0) is 0 Å². The van der Waals surface area contributed by atoms with Gasteiger partial charge in [0.05, 0.1) is 5.39 Å². The number of benzene rings is 2. The molecule has 0 radical (unpaired) electrons. The van der Waals surface area contributed by atoms with Crippen LogP contribution in [0, 0.1) is 0 Å². The molecule has 0 spiro atoms. The summed E-state index contributed by atoms with van der Waals surface area (Å²) in [5.74, 6) is -0.189. The van der Waals surface area contributed by atoms with Gasteiger partial charge in [-0.2, -0.15) is 0 Å². The summed E-state index contributed by atoms with van der Waals surface area (Å²) in [6.45, 7) is 0. The molecular formula is C17H12N4O2S2. The van der Waals surface area contributed by atoms with Crippen LogP contribution in [0.3, 0.4) is 0 Å². The number of anilines is 1. The number of carbonyl (C=O) groups excluding carboxylic acids is 1. The number of thioether (sulfide) groups is 1. The molecule has 1 amide bonds. The smallest absolute Gasteiger partial charge is 0.294 e. The Hall–Kier alpha value is -2.71. The maximum atomic E-state index is 12.7. The zero-order valence-electron chi connectivity index (χ0n) is 13.1. The molecule has 0 atom stereocenters. The second-order valence-corrected chi connectivity index (χ2v) is 7.14. The van der Waals surface area contributed by atoms with Crippen molar-refractivity contribution in [2.45, 2.75) is 4.34 Å². The van der Waals surface area contributed by atoms with Gasteiger partial charge in [-0.3, -0.25) is 4.79 Å². The van der Waals surface area contributed by atoms with Gasteiger partial charge in [0.1, 0.15) is 10.5 Å². The van der Waals surface area contributed by atoms with Gasteiger partial charge in [0.15, 0.2) is 4.34 Å². The average molecular weight is 368 g/mol. The van der Waals surface area contributed by atoms with E-state index < -0.39 is 0 Å². The predicted molar refractivity (Wildman–Crippen MR) is 99.1 cm³/mol. The van der Waals surface area contributed by atoms with Crippen molar-refractivity contribution in [1.29, 1.82) is 0 Å². The van der Waals surface area contributed by atoms with Crippen LogP contribution >= 0.6 is 23.1 Å². The first-order chi connectivity index (χ1) is 12.3. The predicted octanol–water partition coefficient (Wildman–Crippen LogP) is 4.32. The van der Waals surface area contributed by atoms with Crippen molar-refractivity contribution < 1.29 is 9.32 Å². The highest BCUT2D eigenvalue weighted by Crippen LogP contribution is 2.35. The summed E-state index contributed by atoms with van der Waals surface area (Å²) < 4.78 is 6.19. The van der Waals surface area contributed by atoms with Gasteiger partial charge in [-0.15, -0.1) is 10.2 Å². The highest BCUT2D eigenvalue weighted by molar-refractivity contribution is 8.00. The minimum Gasteiger partial charge on any atom is -0.350 e. The molecule has 8 heteroatoms. The second kappa shape index (κ2) is 6.66. The third kappa shape index (κ3) is 3.01. The van der Waals surface area contributed by atoms with Crippen LogP contribution in [0.4, 0.5) is 5.69 Å². The number of fused-ring (bicyclic) bond motifs is 1. The zero-order chi connectivity index (χ0) is 17.2. The Morgan fingerprint density at radius 3 is 2.72 bits per heavy atom. The molecule has 2 heterocycles. The molecule has 0 saturated carbocycles. The van der Waals surface area contributed by atoms with Crippen LogP contribution in [-0.4, -0.2) is 27.5 Å². The molecule has 2 aromatic carbocycles. The van der Waals surface area contributed by atoms with Gasteiger partial charge in [0.25, 0.3) is 5.91 Å². The highest BCUT2D eigenvalue weighted by atomic mass is 32.2. The molecule has 6 nitrogen and oxygen atoms in total. The third-order valence-corrected chi connectivity index (χ3v) is 5.49. The van der Waals surface area contributed by atoms with Crippen LogP contribution in [0.25, 0.3) is 21.5 Å². The van der Waals surface area contributed by atoms with Crippen molar-refractivity contribution in [3.63, 3.8) is 0 Å². The SMILES string of the molecule is CSc1nnc(-c2cccc3noc(C(=O)Nc4ccccc4)c23)s1. The molecule has 1 N–H and O–H groups in total. The molecule has 0 aliphatic heterocycles. The van der Waals surface area contributed by atoms with Gasteiger partial charge in [-0.1, -0.05) is 58.6 Å². The normalized spacial score (nSPS) is 10.9. The molecule has 0 aliphatic rings. The fourth-order valence-electron chi connectivity index (χ4n) is 2.44. The van der Waals surface area contributed by atoms with E-state index in [-0.39, 0.29) is 11.7 Å². The van der Waals surface area contributed by atoms with E-state index in [0.29, 0.717) is 16.6 Å². The van der Waals surface area contributed by atoms with E-state index in [0.717, 1.165) is 14.9 Å². The fourth-order valence-corrected chi connectivity index (χ4v) is 3.74. The first-order valence-electron chi connectivity index (χ1n) is 7.39.